The van der Waals surface area contributed by atoms with Crippen LogP contribution >= 0.6 is 0 Å². The lowest BCUT2D eigenvalue weighted by molar-refractivity contribution is 0.0600. The summed E-state index contributed by atoms with van der Waals surface area (Å²) in [6.07, 6.45) is 2.80. The van der Waals surface area contributed by atoms with Gasteiger partial charge in [-0.2, -0.15) is 0 Å². The predicted molar refractivity (Wildman–Crippen MR) is 123 cm³/mol. The third kappa shape index (κ3) is 8.27. The molecule has 0 spiro atoms. The molecule has 32 heavy (non-hydrogen) atoms. The van der Waals surface area contributed by atoms with E-state index >= 15 is 0 Å². The quantitative estimate of drug-likeness (QED) is 0.175. The number of hydrogen-bond donors (Lipinski definition) is 0. The van der Waals surface area contributed by atoms with E-state index in [1.165, 1.54) is 37.8 Å². The first-order valence-electron chi connectivity index (χ1n) is 11.0. The topological polar surface area (TPSA) is 78.9 Å². The monoisotopic (exact) mass is 440 g/mol. The second kappa shape index (κ2) is 13.4. The van der Waals surface area contributed by atoms with Gasteiger partial charge in [-0.15, -0.1) is 0 Å². The number of esters is 1. The fourth-order valence-corrected chi connectivity index (χ4v) is 2.94. The van der Waals surface area contributed by atoms with E-state index in [0.29, 0.717) is 41.6 Å². The molecule has 2 rings (SSSR count). The largest absolute Gasteiger partial charge is 0.494 e. The summed E-state index contributed by atoms with van der Waals surface area (Å²) in [5, 5.41) is 0. The molecule has 0 aliphatic heterocycles. The van der Waals surface area contributed by atoms with Gasteiger partial charge in [-0.25, -0.2) is 4.79 Å². The van der Waals surface area contributed by atoms with Gasteiger partial charge in [0.1, 0.15) is 5.75 Å². The molecule has 172 valence electrons. The molecule has 0 aliphatic rings. The Balaban J connectivity index is 1.74. The molecule has 2 aromatic carbocycles. The van der Waals surface area contributed by atoms with E-state index in [1.54, 1.807) is 24.3 Å². The molecule has 6 nitrogen and oxygen atoms in total. The van der Waals surface area contributed by atoms with Crippen molar-refractivity contribution in [3.05, 3.63) is 65.2 Å². The first kappa shape index (κ1) is 25.3. The van der Waals surface area contributed by atoms with Crippen molar-refractivity contribution in [2.75, 3.05) is 26.9 Å². The number of carbonyl (C=O) groups is 3. The van der Waals surface area contributed by atoms with Gasteiger partial charge < -0.3 is 14.2 Å². The number of benzene rings is 2. The Morgan fingerprint density at radius 1 is 0.812 bits per heavy atom. The van der Waals surface area contributed by atoms with Crippen LogP contribution in [0.25, 0.3) is 0 Å². The van der Waals surface area contributed by atoms with Gasteiger partial charge in [0.25, 0.3) is 0 Å². The lowest BCUT2D eigenvalue weighted by Gasteiger charge is -2.10. The molecule has 2 aromatic rings. The number of carbonyl (C=O) groups excluding carboxylic acids is 3. The summed E-state index contributed by atoms with van der Waals surface area (Å²) in [6.45, 7) is 6.38. The van der Waals surface area contributed by atoms with Crippen LogP contribution in [0.1, 0.15) is 70.6 Å². The van der Waals surface area contributed by atoms with E-state index in [4.69, 9.17) is 9.47 Å². The van der Waals surface area contributed by atoms with Gasteiger partial charge in [-0.05, 0) is 48.7 Å². The summed E-state index contributed by atoms with van der Waals surface area (Å²) in [5.74, 6) is 0.311. The van der Waals surface area contributed by atoms with Crippen molar-refractivity contribution in [3.63, 3.8) is 0 Å². The van der Waals surface area contributed by atoms with E-state index in [-0.39, 0.29) is 18.0 Å². The van der Waals surface area contributed by atoms with Gasteiger partial charge in [-0.1, -0.05) is 32.4 Å². The summed E-state index contributed by atoms with van der Waals surface area (Å²) in [7, 11) is 1.29. The SMILES string of the molecule is CCC(C)CCOCCCOc1ccc(C(=O)CC(=O)c2ccc(C(=O)OC)cc2)cc1. The van der Waals surface area contributed by atoms with E-state index in [2.05, 4.69) is 18.6 Å². The first-order valence-corrected chi connectivity index (χ1v) is 11.0. The average Bonchev–Trinajstić information content (AvgIpc) is 2.83. The molecule has 0 aliphatic carbocycles. The Kier molecular flexibility index (Phi) is 10.6. The number of ketones is 2. The van der Waals surface area contributed by atoms with Crippen LogP contribution in [-0.2, 0) is 9.47 Å². The van der Waals surface area contributed by atoms with Crippen molar-refractivity contribution < 1.29 is 28.6 Å². The second-order valence-corrected chi connectivity index (χ2v) is 7.73. The van der Waals surface area contributed by atoms with E-state index in [1.807, 2.05) is 0 Å². The summed E-state index contributed by atoms with van der Waals surface area (Å²) < 4.78 is 15.9. The number of methoxy groups -OCH3 is 1. The highest BCUT2D eigenvalue weighted by atomic mass is 16.5. The molecule has 1 unspecified atom stereocenters. The number of Topliss-reactive ketones (excluding diaryl/α,β-unsaturated/α-hetero) is 2. The van der Waals surface area contributed by atoms with Crippen molar-refractivity contribution in [3.8, 4) is 5.75 Å². The lowest BCUT2D eigenvalue weighted by Crippen LogP contribution is -2.09. The maximum absolute atomic E-state index is 12.4. The Morgan fingerprint density at radius 3 is 1.94 bits per heavy atom. The van der Waals surface area contributed by atoms with Crippen LogP contribution in [0.3, 0.4) is 0 Å². The van der Waals surface area contributed by atoms with Crippen molar-refractivity contribution >= 4 is 17.5 Å². The fraction of sp³-hybridized carbons (Fsp3) is 0.423. The lowest BCUT2D eigenvalue weighted by atomic mass is 10.0. The summed E-state index contributed by atoms with van der Waals surface area (Å²) in [6, 6.07) is 12.8. The number of rotatable bonds is 14. The minimum absolute atomic E-state index is 0.244. The van der Waals surface area contributed by atoms with Crippen LogP contribution in [0, 0.1) is 5.92 Å². The zero-order valence-electron chi connectivity index (χ0n) is 19.1. The van der Waals surface area contributed by atoms with Crippen LogP contribution < -0.4 is 4.74 Å². The Bertz CT molecular complexity index is 870. The third-order valence-electron chi connectivity index (χ3n) is 5.28. The van der Waals surface area contributed by atoms with Crippen LogP contribution in [0.5, 0.6) is 5.75 Å². The van der Waals surface area contributed by atoms with Crippen molar-refractivity contribution in [2.45, 2.75) is 39.5 Å². The molecule has 1 atom stereocenters. The molecule has 0 saturated carbocycles. The van der Waals surface area contributed by atoms with E-state index in [9.17, 15) is 14.4 Å². The molecule has 0 aromatic heterocycles. The summed E-state index contributed by atoms with van der Waals surface area (Å²) >= 11 is 0. The Hall–Kier alpha value is -2.99. The van der Waals surface area contributed by atoms with Crippen molar-refractivity contribution in [1.82, 2.24) is 0 Å². The van der Waals surface area contributed by atoms with Crippen LogP contribution in [0.4, 0.5) is 0 Å². The van der Waals surface area contributed by atoms with Gasteiger partial charge >= 0.3 is 5.97 Å². The number of ether oxygens (including phenoxy) is 3. The van der Waals surface area contributed by atoms with Gasteiger partial charge in [0.2, 0.25) is 0 Å². The minimum Gasteiger partial charge on any atom is -0.494 e. The zero-order valence-corrected chi connectivity index (χ0v) is 19.1. The third-order valence-corrected chi connectivity index (χ3v) is 5.28. The highest BCUT2D eigenvalue weighted by Gasteiger charge is 2.15. The molecule has 0 saturated heterocycles. The standard InChI is InChI=1S/C26H32O6/c1-4-19(2)14-17-31-15-5-16-32-23-12-10-21(11-13-23)25(28)18-24(27)20-6-8-22(9-7-20)26(29)30-3/h6-13,19H,4-5,14-18H2,1-3H3. The molecular weight excluding hydrogens is 408 g/mol. The molecule has 0 bridgehead atoms. The highest BCUT2D eigenvalue weighted by Crippen LogP contribution is 2.16. The maximum atomic E-state index is 12.4. The smallest absolute Gasteiger partial charge is 0.337 e. The first-order chi connectivity index (χ1) is 15.4. The zero-order chi connectivity index (χ0) is 23.3. The van der Waals surface area contributed by atoms with Gasteiger partial charge in [0.05, 0.1) is 25.7 Å². The normalized spacial score (nSPS) is 11.6. The molecule has 0 amide bonds. The average molecular weight is 441 g/mol. The van der Waals surface area contributed by atoms with Gasteiger partial charge in [0.15, 0.2) is 11.6 Å². The fourth-order valence-electron chi connectivity index (χ4n) is 2.94. The van der Waals surface area contributed by atoms with Crippen molar-refractivity contribution in [1.29, 1.82) is 0 Å². The van der Waals surface area contributed by atoms with E-state index in [0.717, 1.165) is 19.4 Å². The van der Waals surface area contributed by atoms with Crippen LogP contribution in [0.15, 0.2) is 48.5 Å². The molecule has 0 N–H and O–H groups in total. The molecule has 0 radical (unpaired) electrons. The van der Waals surface area contributed by atoms with Gasteiger partial charge in [-0.3, -0.25) is 9.59 Å². The summed E-state index contributed by atoms with van der Waals surface area (Å²) in [5.41, 5.74) is 1.17. The van der Waals surface area contributed by atoms with E-state index < -0.39 is 5.97 Å². The second-order valence-electron chi connectivity index (χ2n) is 7.73. The van der Waals surface area contributed by atoms with Crippen molar-refractivity contribution in [2.24, 2.45) is 5.92 Å². The molecule has 0 fully saturated rings. The predicted octanol–water partition coefficient (Wildman–Crippen LogP) is 5.15. The van der Waals surface area contributed by atoms with Gasteiger partial charge in [0, 0.05) is 30.8 Å². The Labute approximate surface area is 189 Å². The number of hydrogen-bond acceptors (Lipinski definition) is 6. The van der Waals surface area contributed by atoms with Crippen LogP contribution in [-0.4, -0.2) is 44.5 Å². The molecular formula is C26H32O6. The molecule has 0 heterocycles. The highest BCUT2D eigenvalue weighted by molar-refractivity contribution is 6.13. The van der Waals surface area contributed by atoms with Crippen LogP contribution in [0.2, 0.25) is 0 Å². The Morgan fingerprint density at radius 2 is 1.38 bits per heavy atom. The molecule has 6 heteroatoms. The summed E-state index contributed by atoms with van der Waals surface area (Å²) in [4.78, 5) is 36.3. The minimum atomic E-state index is -0.475. The maximum Gasteiger partial charge on any atom is 0.337 e.